The number of carbonyl (C=O) groups excluding carboxylic acids is 1. The number of benzene rings is 1. The average molecular weight is 315 g/mol. The first kappa shape index (κ1) is 15.6. The Labute approximate surface area is 134 Å². The van der Waals surface area contributed by atoms with Crippen molar-refractivity contribution in [2.24, 2.45) is 5.92 Å². The van der Waals surface area contributed by atoms with Crippen LogP contribution in [-0.2, 0) is 16.0 Å². The van der Waals surface area contributed by atoms with Crippen molar-refractivity contribution in [2.75, 3.05) is 13.2 Å². The molecule has 1 aliphatic rings. The number of nitrogens with zero attached hydrogens (tertiary/aromatic N) is 3. The largest absolute Gasteiger partial charge is 0.379 e. The lowest BCUT2D eigenvalue weighted by Gasteiger charge is -2.24. The van der Waals surface area contributed by atoms with Crippen molar-refractivity contribution in [3.63, 3.8) is 0 Å². The minimum atomic E-state index is -0.0760. The summed E-state index contributed by atoms with van der Waals surface area (Å²) in [5.41, 5.74) is 2.01. The lowest BCUT2D eigenvalue weighted by atomic mass is 9.98. The molecule has 2 aromatic rings. The Morgan fingerprint density at radius 3 is 2.91 bits per heavy atom. The molecule has 0 saturated carbocycles. The van der Waals surface area contributed by atoms with Crippen LogP contribution in [0.5, 0.6) is 0 Å². The number of H-pyrrole nitrogens is 1. The van der Waals surface area contributed by atoms with Gasteiger partial charge in [0, 0.05) is 18.1 Å². The second kappa shape index (κ2) is 7.32. The van der Waals surface area contributed by atoms with Crippen molar-refractivity contribution in [2.45, 2.75) is 32.2 Å². The molecule has 0 aliphatic carbocycles. The molecule has 2 heterocycles. The number of nitrogens with one attached hydrogen (secondary N) is 2. The molecule has 1 saturated heterocycles. The highest BCUT2D eigenvalue weighted by molar-refractivity contribution is 5.79. The Hall–Kier alpha value is -2.28. The third-order valence-corrected chi connectivity index (χ3v) is 4.05. The fraction of sp³-hybridized carbons (Fsp3) is 0.500. The highest BCUT2D eigenvalue weighted by Gasteiger charge is 2.20. The molecule has 0 radical (unpaired) electrons. The van der Waals surface area contributed by atoms with Gasteiger partial charge < -0.3 is 10.1 Å². The van der Waals surface area contributed by atoms with E-state index in [0.717, 1.165) is 30.6 Å². The minimum Gasteiger partial charge on any atom is -0.379 e. The lowest BCUT2D eigenvalue weighted by Crippen LogP contribution is -2.43. The molecule has 1 fully saturated rings. The predicted molar refractivity (Wildman–Crippen MR) is 84.5 cm³/mol. The summed E-state index contributed by atoms with van der Waals surface area (Å²) in [7, 11) is 0. The van der Waals surface area contributed by atoms with Crippen molar-refractivity contribution >= 4 is 5.91 Å². The van der Waals surface area contributed by atoms with Gasteiger partial charge in [-0.2, -0.15) is 5.21 Å². The lowest BCUT2D eigenvalue weighted by molar-refractivity contribution is -0.126. The summed E-state index contributed by atoms with van der Waals surface area (Å²) in [6, 6.07) is 8.04. The number of aromatic nitrogens is 4. The van der Waals surface area contributed by atoms with Crippen molar-refractivity contribution in [1.29, 1.82) is 0 Å². The predicted octanol–water partition coefficient (Wildman–Crippen LogP) is 1.34. The Kier molecular flexibility index (Phi) is 4.97. The van der Waals surface area contributed by atoms with E-state index in [2.05, 4.69) is 25.9 Å². The molecule has 7 nitrogen and oxygen atoms in total. The summed E-state index contributed by atoms with van der Waals surface area (Å²) in [5.74, 6) is 0.579. The Bertz CT molecular complexity index is 620. The summed E-state index contributed by atoms with van der Waals surface area (Å²) < 4.78 is 5.40. The number of amides is 1. The number of ether oxygens (including phenoxy) is 1. The van der Waals surface area contributed by atoms with Gasteiger partial charge in [-0.25, -0.2) is 0 Å². The third-order valence-electron chi connectivity index (χ3n) is 4.05. The molecule has 2 N–H and O–H groups in total. The first-order chi connectivity index (χ1) is 11.2. The average Bonchev–Trinajstić information content (AvgIpc) is 3.11. The fourth-order valence-electron chi connectivity index (χ4n) is 2.72. The van der Waals surface area contributed by atoms with Crippen LogP contribution in [0.15, 0.2) is 24.3 Å². The van der Waals surface area contributed by atoms with Crippen molar-refractivity contribution in [3.8, 4) is 11.4 Å². The molecule has 1 amide bonds. The van der Waals surface area contributed by atoms with E-state index in [-0.39, 0.29) is 17.9 Å². The molecule has 1 aromatic carbocycles. The van der Waals surface area contributed by atoms with Gasteiger partial charge in [0.05, 0.1) is 12.6 Å². The number of rotatable bonds is 5. The van der Waals surface area contributed by atoms with Gasteiger partial charge in [0.15, 0.2) is 0 Å². The molecule has 2 atom stereocenters. The molecular formula is C16H21N5O2. The van der Waals surface area contributed by atoms with Crippen molar-refractivity contribution in [3.05, 3.63) is 29.8 Å². The van der Waals surface area contributed by atoms with Crippen molar-refractivity contribution < 1.29 is 9.53 Å². The normalized spacial score (nSPS) is 19.3. The molecule has 0 spiro atoms. The Balaban J connectivity index is 1.54. The molecule has 3 rings (SSSR count). The summed E-state index contributed by atoms with van der Waals surface area (Å²) in [5, 5.41) is 17.0. The van der Waals surface area contributed by atoms with Crippen LogP contribution in [0.1, 0.15) is 25.3 Å². The summed E-state index contributed by atoms with van der Waals surface area (Å²) in [6.45, 7) is 3.37. The number of hydrogen-bond donors (Lipinski definition) is 2. The maximum absolute atomic E-state index is 12.3. The van der Waals surface area contributed by atoms with Gasteiger partial charge in [-0.1, -0.05) is 31.2 Å². The van der Waals surface area contributed by atoms with E-state index in [9.17, 15) is 4.79 Å². The Morgan fingerprint density at radius 1 is 1.43 bits per heavy atom. The Morgan fingerprint density at radius 2 is 2.26 bits per heavy atom. The van der Waals surface area contributed by atoms with Crippen LogP contribution in [0, 0.1) is 5.92 Å². The molecule has 1 unspecified atom stereocenters. The zero-order valence-corrected chi connectivity index (χ0v) is 13.2. The summed E-state index contributed by atoms with van der Waals surface area (Å²) in [6.07, 6.45) is 2.71. The topological polar surface area (TPSA) is 92.8 Å². The molecule has 1 aliphatic heterocycles. The van der Waals surface area contributed by atoms with Gasteiger partial charge in [-0.15, -0.1) is 10.2 Å². The monoisotopic (exact) mass is 315 g/mol. The van der Waals surface area contributed by atoms with Crippen LogP contribution in [0.2, 0.25) is 0 Å². The number of hydrogen-bond acceptors (Lipinski definition) is 5. The fourth-order valence-corrected chi connectivity index (χ4v) is 2.72. The second-order valence-electron chi connectivity index (χ2n) is 5.96. The zero-order chi connectivity index (χ0) is 16.1. The van der Waals surface area contributed by atoms with E-state index < -0.39 is 0 Å². The highest BCUT2D eigenvalue weighted by Crippen LogP contribution is 2.16. The van der Waals surface area contributed by atoms with Crippen LogP contribution < -0.4 is 5.32 Å². The van der Waals surface area contributed by atoms with E-state index in [4.69, 9.17) is 4.74 Å². The van der Waals surface area contributed by atoms with Gasteiger partial charge >= 0.3 is 0 Å². The van der Waals surface area contributed by atoms with Crippen LogP contribution in [0.3, 0.4) is 0 Å². The molecule has 122 valence electrons. The number of carbonyl (C=O) groups is 1. The van der Waals surface area contributed by atoms with E-state index in [1.165, 1.54) is 0 Å². The van der Waals surface area contributed by atoms with Gasteiger partial charge in [0.1, 0.15) is 0 Å². The second-order valence-corrected chi connectivity index (χ2v) is 5.96. The van der Waals surface area contributed by atoms with E-state index >= 15 is 0 Å². The van der Waals surface area contributed by atoms with Crippen LogP contribution in [0.25, 0.3) is 11.4 Å². The number of tetrazole rings is 1. The van der Waals surface area contributed by atoms with E-state index in [0.29, 0.717) is 18.9 Å². The van der Waals surface area contributed by atoms with Crippen molar-refractivity contribution in [1.82, 2.24) is 25.9 Å². The van der Waals surface area contributed by atoms with Gasteiger partial charge in [-0.3, -0.25) is 4.79 Å². The van der Waals surface area contributed by atoms with Crippen LogP contribution >= 0.6 is 0 Å². The quantitative estimate of drug-likeness (QED) is 0.868. The molecule has 23 heavy (non-hydrogen) atoms. The molecule has 0 bridgehead atoms. The maximum atomic E-state index is 12.3. The zero-order valence-electron chi connectivity index (χ0n) is 13.2. The highest BCUT2D eigenvalue weighted by atomic mass is 16.5. The van der Waals surface area contributed by atoms with Crippen LogP contribution in [-0.4, -0.2) is 45.8 Å². The number of aromatic amines is 1. The smallest absolute Gasteiger partial charge is 0.223 e. The minimum absolute atomic E-state index is 0.0760. The molecule has 7 heteroatoms. The van der Waals surface area contributed by atoms with Gasteiger partial charge in [0.2, 0.25) is 11.7 Å². The summed E-state index contributed by atoms with van der Waals surface area (Å²) in [4.78, 5) is 12.3. The molecular weight excluding hydrogens is 294 g/mol. The third kappa shape index (κ3) is 4.13. The standard InChI is InChI=1S/C16H21N5O2/c1-11(16(22)17-14-3-2-8-23-10-14)9-12-4-6-13(7-5-12)15-18-20-21-19-15/h4-7,11,14H,2-3,8-10H2,1H3,(H,17,22)(H,18,19,20,21)/t11?,14-/m1/s1. The van der Waals surface area contributed by atoms with Gasteiger partial charge in [0.25, 0.3) is 0 Å². The first-order valence-electron chi connectivity index (χ1n) is 7.93. The maximum Gasteiger partial charge on any atom is 0.223 e. The summed E-state index contributed by atoms with van der Waals surface area (Å²) >= 11 is 0. The van der Waals surface area contributed by atoms with Crippen LogP contribution in [0.4, 0.5) is 0 Å². The first-order valence-corrected chi connectivity index (χ1v) is 7.93. The molecule has 1 aromatic heterocycles. The SMILES string of the molecule is CC(Cc1ccc(-c2nn[nH]n2)cc1)C(=O)N[C@@H]1CCCOC1. The van der Waals surface area contributed by atoms with Gasteiger partial charge in [-0.05, 0) is 30.0 Å². The van der Waals surface area contributed by atoms with E-state index in [1.54, 1.807) is 0 Å². The van der Waals surface area contributed by atoms with E-state index in [1.807, 2.05) is 31.2 Å².